The number of hydrogen-bond acceptors (Lipinski definition) is 2. The van der Waals surface area contributed by atoms with E-state index < -0.39 is 0 Å². The summed E-state index contributed by atoms with van der Waals surface area (Å²) in [4.78, 5) is 10.5. The van der Waals surface area contributed by atoms with E-state index in [4.69, 9.17) is 5.26 Å². The Bertz CT molecular complexity index is 382. The molecule has 0 unspecified atom stereocenters. The zero-order chi connectivity index (χ0) is 10.0. The Morgan fingerprint density at radius 2 is 1.93 bits per heavy atom. The van der Waals surface area contributed by atoms with Crippen molar-refractivity contribution in [2.45, 2.75) is 24.7 Å². The minimum atomic E-state index is -0.262. The monoisotopic (exact) mass is 185 g/mol. The van der Waals surface area contributed by atoms with Crippen LogP contribution in [0.3, 0.4) is 0 Å². The molecule has 0 atom stereocenters. The lowest BCUT2D eigenvalue weighted by Gasteiger charge is -2.35. The topological polar surface area (TPSA) is 40.9 Å². The minimum absolute atomic E-state index is 0.262. The van der Waals surface area contributed by atoms with Gasteiger partial charge in [-0.1, -0.05) is 24.3 Å². The van der Waals surface area contributed by atoms with Crippen molar-refractivity contribution in [3.8, 4) is 6.07 Å². The molecule has 0 amide bonds. The maximum absolute atomic E-state index is 10.5. The number of rotatable bonds is 2. The highest BCUT2D eigenvalue weighted by Crippen LogP contribution is 2.42. The van der Waals surface area contributed by atoms with Crippen LogP contribution >= 0.6 is 0 Å². The van der Waals surface area contributed by atoms with Gasteiger partial charge in [0, 0.05) is 5.56 Å². The van der Waals surface area contributed by atoms with E-state index >= 15 is 0 Å². The van der Waals surface area contributed by atoms with Gasteiger partial charge in [-0.2, -0.15) is 5.26 Å². The molecule has 1 aliphatic carbocycles. The summed E-state index contributed by atoms with van der Waals surface area (Å²) in [5, 5.41) is 9.10. The standard InChI is InChI=1S/C12H11NO/c13-9-12(6-1-7-12)11-4-2-10(8-14)3-5-11/h2-5,8H,1,6-7H2. The molecule has 0 radical (unpaired) electrons. The summed E-state index contributed by atoms with van der Waals surface area (Å²) in [6.07, 6.45) is 3.85. The van der Waals surface area contributed by atoms with Crippen molar-refractivity contribution in [2.75, 3.05) is 0 Å². The largest absolute Gasteiger partial charge is 0.298 e. The highest BCUT2D eigenvalue weighted by molar-refractivity contribution is 5.74. The van der Waals surface area contributed by atoms with Crippen LogP contribution in [0.25, 0.3) is 0 Å². The molecule has 1 aromatic rings. The normalized spacial score (nSPS) is 17.9. The lowest BCUT2D eigenvalue weighted by Crippen LogP contribution is -2.32. The fraction of sp³-hybridized carbons (Fsp3) is 0.333. The van der Waals surface area contributed by atoms with E-state index in [0.29, 0.717) is 5.56 Å². The molecule has 0 bridgehead atoms. The summed E-state index contributed by atoms with van der Waals surface area (Å²) in [6, 6.07) is 9.73. The van der Waals surface area contributed by atoms with Gasteiger partial charge in [0.15, 0.2) is 0 Å². The fourth-order valence-corrected chi connectivity index (χ4v) is 1.88. The van der Waals surface area contributed by atoms with Crippen molar-refractivity contribution < 1.29 is 4.79 Å². The van der Waals surface area contributed by atoms with Gasteiger partial charge in [-0.3, -0.25) is 4.79 Å². The molecule has 1 fully saturated rings. The Kier molecular flexibility index (Phi) is 2.09. The average molecular weight is 185 g/mol. The maximum atomic E-state index is 10.5. The summed E-state index contributed by atoms with van der Waals surface area (Å²) in [5.41, 5.74) is 1.46. The molecule has 1 aromatic carbocycles. The molecule has 0 aliphatic heterocycles. The van der Waals surface area contributed by atoms with Gasteiger partial charge >= 0.3 is 0 Å². The van der Waals surface area contributed by atoms with Crippen molar-refractivity contribution in [1.82, 2.24) is 0 Å². The van der Waals surface area contributed by atoms with Crippen LogP contribution in [0.2, 0.25) is 0 Å². The second kappa shape index (κ2) is 3.26. The van der Waals surface area contributed by atoms with E-state index in [2.05, 4.69) is 6.07 Å². The van der Waals surface area contributed by atoms with Crippen molar-refractivity contribution in [3.05, 3.63) is 35.4 Å². The molecule has 2 rings (SSSR count). The van der Waals surface area contributed by atoms with Gasteiger partial charge in [-0.05, 0) is 24.8 Å². The van der Waals surface area contributed by atoms with Gasteiger partial charge in [-0.15, -0.1) is 0 Å². The Morgan fingerprint density at radius 3 is 2.29 bits per heavy atom. The smallest absolute Gasteiger partial charge is 0.150 e. The van der Waals surface area contributed by atoms with Crippen LogP contribution in [0, 0.1) is 11.3 Å². The summed E-state index contributed by atoms with van der Waals surface area (Å²) < 4.78 is 0. The van der Waals surface area contributed by atoms with Gasteiger partial charge in [0.05, 0.1) is 11.5 Å². The zero-order valence-corrected chi connectivity index (χ0v) is 7.86. The fourth-order valence-electron chi connectivity index (χ4n) is 1.88. The van der Waals surface area contributed by atoms with E-state index in [1.807, 2.05) is 12.1 Å². The van der Waals surface area contributed by atoms with E-state index in [1.165, 1.54) is 0 Å². The Morgan fingerprint density at radius 1 is 1.29 bits per heavy atom. The number of aldehydes is 1. The van der Waals surface area contributed by atoms with Crippen molar-refractivity contribution in [3.63, 3.8) is 0 Å². The summed E-state index contributed by atoms with van der Waals surface area (Å²) >= 11 is 0. The van der Waals surface area contributed by atoms with E-state index in [1.54, 1.807) is 12.1 Å². The zero-order valence-electron chi connectivity index (χ0n) is 7.86. The number of carbonyl (C=O) groups excluding carboxylic acids is 1. The summed E-state index contributed by atoms with van der Waals surface area (Å²) in [5.74, 6) is 0. The first-order valence-corrected chi connectivity index (χ1v) is 4.78. The van der Waals surface area contributed by atoms with Gasteiger partial charge < -0.3 is 0 Å². The highest BCUT2D eigenvalue weighted by Gasteiger charge is 2.38. The molecule has 0 saturated heterocycles. The minimum Gasteiger partial charge on any atom is -0.298 e. The van der Waals surface area contributed by atoms with Crippen LogP contribution < -0.4 is 0 Å². The van der Waals surface area contributed by atoms with Gasteiger partial charge in [-0.25, -0.2) is 0 Å². The van der Waals surface area contributed by atoms with Crippen molar-refractivity contribution in [2.24, 2.45) is 0 Å². The van der Waals surface area contributed by atoms with Gasteiger partial charge in [0.25, 0.3) is 0 Å². The second-order valence-electron chi connectivity index (χ2n) is 3.79. The summed E-state index contributed by atoms with van der Waals surface area (Å²) in [7, 11) is 0. The van der Waals surface area contributed by atoms with Crippen molar-refractivity contribution in [1.29, 1.82) is 5.26 Å². The average Bonchev–Trinajstić information content (AvgIpc) is 2.18. The number of benzene rings is 1. The molecule has 2 heteroatoms. The van der Waals surface area contributed by atoms with Crippen LogP contribution in [0.1, 0.15) is 35.2 Å². The van der Waals surface area contributed by atoms with Crippen molar-refractivity contribution >= 4 is 6.29 Å². The molecule has 0 N–H and O–H groups in total. The highest BCUT2D eigenvalue weighted by atomic mass is 16.1. The maximum Gasteiger partial charge on any atom is 0.150 e. The number of carbonyl (C=O) groups is 1. The van der Waals surface area contributed by atoms with Crippen LogP contribution in [0.4, 0.5) is 0 Å². The number of hydrogen-bond donors (Lipinski definition) is 0. The molecule has 70 valence electrons. The number of nitriles is 1. The number of nitrogens with zero attached hydrogens (tertiary/aromatic N) is 1. The molecule has 0 spiro atoms. The molecule has 14 heavy (non-hydrogen) atoms. The third-order valence-electron chi connectivity index (χ3n) is 3.02. The van der Waals surface area contributed by atoms with Crippen LogP contribution in [0.15, 0.2) is 24.3 Å². The lowest BCUT2D eigenvalue weighted by molar-refractivity contribution is 0.112. The Balaban J connectivity index is 2.33. The van der Waals surface area contributed by atoms with Gasteiger partial charge in [0.1, 0.15) is 6.29 Å². The summed E-state index contributed by atoms with van der Waals surface area (Å²) in [6.45, 7) is 0. The Hall–Kier alpha value is -1.62. The molecule has 1 aliphatic rings. The first-order chi connectivity index (χ1) is 6.80. The molecular formula is C12H11NO. The van der Waals surface area contributed by atoms with Crippen LogP contribution in [-0.2, 0) is 5.41 Å². The van der Waals surface area contributed by atoms with E-state index in [-0.39, 0.29) is 5.41 Å². The van der Waals surface area contributed by atoms with E-state index in [9.17, 15) is 4.79 Å². The van der Waals surface area contributed by atoms with Gasteiger partial charge in [0.2, 0.25) is 0 Å². The molecule has 0 aromatic heterocycles. The second-order valence-corrected chi connectivity index (χ2v) is 3.79. The molecule has 1 saturated carbocycles. The SMILES string of the molecule is N#CC1(c2ccc(C=O)cc2)CCC1. The Labute approximate surface area is 83.2 Å². The molecule has 2 nitrogen and oxygen atoms in total. The molecular weight excluding hydrogens is 174 g/mol. The lowest BCUT2D eigenvalue weighted by atomic mass is 9.65. The molecule has 0 heterocycles. The third-order valence-corrected chi connectivity index (χ3v) is 3.02. The first-order valence-electron chi connectivity index (χ1n) is 4.78. The predicted molar refractivity (Wildman–Crippen MR) is 53.0 cm³/mol. The first kappa shape index (κ1) is 8.96. The van der Waals surface area contributed by atoms with E-state index in [0.717, 1.165) is 31.1 Å². The predicted octanol–water partition coefficient (Wildman–Crippen LogP) is 2.44. The van der Waals surface area contributed by atoms with Crippen LogP contribution in [0.5, 0.6) is 0 Å². The quantitative estimate of drug-likeness (QED) is 0.664. The third kappa shape index (κ3) is 1.22. The van der Waals surface area contributed by atoms with Crippen LogP contribution in [-0.4, -0.2) is 6.29 Å².